The number of unbranched alkanes of at least 4 members (excludes halogenated alkanes) is 1. The molecule has 1 rings (SSSR count). The highest BCUT2D eigenvalue weighted by molar-refractivity contribution is 5.28. The molecule has 1 aromatic rings. The Hall–Kier alpha value is -1.02. The molecule has 0 aliphatic rings. The molecule has 0 saturated carbocycles. The molecule has 0 heterocycles. The quantitative estimate of drug-likeness (QED) is 0.598. The van der Waals surface area contributed by atoms with E-state index < -0.39 is 0 Å². The fourth-order valence-corrected chi connectivity index (χ4v) is 2.23. The molecule has 0 amide bonds. The number of rotatable bonds is 10. The maximum absolute atomic E-state index is 5.72. The van der Waals surface area contributed by atoms with Crippen LogP contribution in [0.25, 0.3) is 0 Å². The molecular formula is C19H33NO. The smallest absolute Gasteiger partial charge is 0.119 e. The van der Waals surface area contributed by atoms with Crippen molar-refractivity contribution in [3.05, 3.63) is 29.8 Å². The summed E-state index contributed by atoms with van der Waals surface area (Å²) in [7, 11) is 0. The summed E-state index contributed by atoms with van der Waals surface area (Å²) in [6.45, 7) is 13.0. The summed E-state index contributed by atoms with van der Waals surface area (Å²) in [5, 5.41) is 3.60. The first kappa shape index (κ1) is 18.0. The lowest BCUT2D eigenvalue weighted by atomic mass is 10.1. The van der Waals surface area contributed by atoms with Crippen molar-refractivity contribution in [3.63, 3.8) is 0 Å². The maximum Gasteiger partial charge on any atom is 0.119 e. The fraction of sp³-hybridized carbons (Fsp3) is 0.684. The van der Waals surface area contributed by atoms with Gasteiger partial charge in [0.15, 0.2) is 0 Å². The van der Waals surface area contributed by atoms with E-state index in [4.69, 9.17) is 4.74 Å². The number of nitrogens with one attached hydrogen (secondary N) is 1. The minimum Gasteiger partial charge on any atom is -0.493 e. The lowest BCUT2D eigenvalue weighted by molar-refractivity contribution is 0.271. The zero-order valence-corrected chi connectivity index (χ0v) is 14.5. The van der Waals surface area contributed by atoms with Gasteiger partial charge >= 0.3 is 0 Å². The van der Waals surface area contributed by atoms with Crippen LogP contribution in [0.5, 0.6) is 5.75 Å². The van der Waals surface area contributed by atoms with Crippen LogP contribution in [0.4, 0.5) is 0 Å². The van der Waals surface area contributed by atoms with E-state index in [1.54, 1.807) is 0 Å². The van der Waals surface area contributed by atoms with Crippen LogP contribution in [0.3, 0.4) is 0 Å². The Balaban J connectivity index is 2.29. The predicted molar refractivity (Wildman–Crippen MR) is 91.9 cm³/mol. The van der Waals surface area contributed by atoms with E-state index in [0.29, 0.717) is 12.0 Å². The Morgan fingerprint density at radius 2 is 1.57 bits per heavy atom. The minimum atomic E-state index is 0.406. The van der Waals surface area contributed by atoms with Crippen molar-refractivity contribution in [2.75, 3.05) is 13.2 Å². The molecule has 0 bridgehead atoms. The average molecular weight is 291 g/mol. The molecule has 1 atom stereocenters. The Labute approximate surface area is 131 Å². The third kappa shape index (κ3) is 8.11. The Morgan fingerprint density at radius 1 is 0.905 bits per heavy atom. The van der Waals surface area contributed by atoms with E-state index in [1.165, 1.54) is 24.8 Å². The fourth-order valence-electron chi connectivity index (χ4n) is 2.23. The van der Waals surface area contributed by atoms with Crippen LogP contribution in [0.15, 0.2) is 24.3 Å². The molecule has 0 spiro atoms. The molecule has 21 heavy (non-hydrogen) atoms. The Kier molecular flexibility index (Phi) is 8.44. The van der Waals surface area contributed by atoms with Crippen molar-refractivity contribution in [1.82, 2.24) is 5.32 Å². The SMILES string of the molecule is CC(C)CCCCNC(C)c1ccc(OCC(C)C)cc1. The highest BCUT2D eigenvalue weighted by atomic mass is 16.5. The van der Waals surface area contributed by atoms with Gasteiger partial charge < -0.3 is 10.1 Å². The molecule has 0 aliphatic carbocycles. The van der Waals surface area contributed by atoms with Gasteiger partial charge in [0.05, 0.1) is 6.61 Å². The number of hydrogen-bond acceptors (Lipinski definition) is 2. The molecule has 0 radical (unpaired) electrons. The molecule has 0 aliphatic heterocycles. The van der Waals surface area contributed by atoms with Crippen LogP contribution < -0.4 is 10.1 Å². The second-order valence-electron chi connectivity index (χ2n) is 6.84. The standard InChI is InChI=1S/C19H33NO/c1-15(2)8-6-7-13-20-17(5)18-9-11-19(12-10-18)21-14-16(3)4/h9-12,15-17,20H,6-8,13-14H2,1-5H3. The van der Waals surface area contributed by atoms with Crippen molar-refractivity contribution in [3.8, 4) is 5.75 Å². The van der Waals surface area contributed by atoms with Gasteiger partial charge in [-0.25, -0.2) is 0 Å². The lowest BCUT2D eigenvalue weighted by Crippen LogP contribution is -2.19. The largest absolute Gasteiger partial charge is 0.493 e. The molecule has 1 aromatic carbocycles. The second-order valence-corrected chi connectivity index (χ2v) is 6.84. The van der Waals surface area contributed by atoms with Crippen molar-refractivity contribution in [2.45, 2.75) is 59.9 Å². The molecular weight excluding hydrogens is 258 g/mol. The van der Waals surface area contributed by atoms with Gasteiger partial charge in [-0.15, -0.1) is 0 Å². The van der Waals surface area contributed by atoms with Gasteiger partial charge in [0.25, 0.3) is 0 Å². The minimum absolute atomic E-state index is 0.406. The van der Waals surface area contributed by atoms with E-state index in [1.807, 2.05) is 0 Å². The summed E-state index contributed by atoms with van der Waals surface area (Å²) in [5.74, 6) is 2.36. The summed E-state index contributed by atoms with van der Waals surface area (Å²) >= 11 is 0. The van der Waals surface area contributed by atoms with Gasteiger partial charge in [0.2, 0.25) is 0 Å². The van der Waals surface area contributed by atoms with Crippen LogP contribution in [0.2, 0.25) is 0 Å². The van der Waals surface area contributed by atoms with Gasteiger partial charge in [0, 0.05) is 6.04 Å². The van der Waals surface area contributed by atoms with Crippen molar-refractivity contribution >= 4 is 0 Å². The zero-order valence-electron chi connectivity index (χ0n) is 14.5. The van der Waals surface area contributed by atoms with E-state index >= 15 is 0 Å². The van der Waals surface area contributed by atoms with Gasteiger partial charge in [-0.05, 0) is 49.4 Å². The van der Waals surface area contributed by atoms with Crippen molar-refractivity contribution < 1.29 is 4.74 Å². The second kappa shape index (κ2) is 9.83. The third-order valence-corrected chi connectivity index (χ3v) is 3.62. The van der Waals surface area contributed by atoms with E-state index in [9.17, 15) is 0 Å². The average Bonchev–Trinajstić information content (AvgIpc) is 2.44. The lowest BCUT2D eigenvalue weighted by Gasteiger charge is -2.15. The van der Waals surface area contributed by atoms with Gasteiger partial charge in [-0.1, -0.05) is 52.7 Å². The molecule has 120 valence electrons. The molecule has 0 fully saturated rings. The van der Waals surface area contributed by atoms with E-state index in [0.717, 1.165) is 24.8 Å². The number of benzene rings is 1. The molecule has 1 unspecified atom stereocenters. The zero-order chi connectivity index (χ0) is 15.7. The maximum atomic E-state index is 5.72. The van der Waals surface area contributed by atoms with Crippen LogP contribution in [-0.4, -0.2) is 13.2 Å². The summed E-state index contributed by atoms with van der Waals surface area (Å²) in [4.78, 5) is 0. The first-order valence-electron chi connectivity index (χ1n) is 8.45. The topological polar surface area (TPSA) is 21.3 Å². The molecule has 2 heteroatoms. The normalized spacial score (nSPS) is 12.9. The molecule has 0 saturated heterocycles. The Morgan fingerprint density at radius 3 is 2.14 bits per heavy atom. The van der Waals surface area contributed by atoms with Crippen molar-refractivity contribution in [2.24, 2.45) is 11.8 Å². The first-order valence-corrected chi connectivity index (χ1v) is 8.45. The monoisotopic (exact) mass is 291 g/mol. The molecule has 0 aromatic heterocycles. The van der Waals surface area contributed by atoms with Gasteiger partial charge in [-0.2, -0.15) is 0 Å². The van der Waals surface area contributed by atoms with Crippen LogP contribution in [0.1, 0.15) is 65.5 Å². The van der Waals surface area contributed by atoms with E-state index in [-0.39, 0.29) is 0 Å². The Bertz CT molecular complexity index is 370. The predicted octanol–water partition coefficient (Wildman–Crippen LogP) is 5.20. The first-order chi connectivity index (χ1) is 9.99. The summed E-state index contributed by atoms with van der Waals surface area (Å²) in [6, 6.07) is 8.90. The molecule has 2 nitrogen and oxygen atoms in total. The van der Waals surface area contributed by atoms with Gasteiger partial charge in [-0.3, -0.25) is 0 Å². The number of ether oxygens (including phenoxy) is 1. The van der Waals surface area contributed by atoms with Crippen molar-refractivity contribution in [1.29, 1.82) is 0 Å². The molecule has 1 N–H and O–H groups in total. The summed E-state index contributed by atoms with van der Waals surface area (Å²) in [5.41, 5.74) is 1.33. The summed E-state index contributed by atoms with van der Waals surface area (Å²) in [6.07, 6.45) is 3.91. The summed E-state index contributed by atoms with van der Waals surface area (Å²) < 4.78 is 5.72. The number of hydrogen-bond donors (Lipinski definition) is 1. The van der Waals surface area contributed by atoms with Crippen LogP contribution >= 0.6 is 0 Å². The third-order valence-electron chi connectivity index (χ3n) is 3.62. The van der Waals surface area contributed by atoms with Crippen LogP contribution in [-0.2, 0) is 0 Å². The highest BCUT2D eigenvalue weighted by Crippen LogP contribution is 2.18. The van der Waals surface area contributed by atoms with E-state index in [2.05, 4.69) is 64.2 Å². The highest BCUT2D eigenvalue weighted by Gasteiger charge is 2.05. The van der Waals surface area contributed by atoms with Gasteiger partial charge in [0.1, 0.15) is 5.75 Å². The van der Waals surface area contributed by atoms with Crippen LogP contribution in [0, 0.1) is 11.8 Å².